The molecule has 0 spiro atoms. The van der Waals surface area contributed by atoms with E-state index in [1.165, 1.54) is 30.8 Å². The van der Waals surface area contributed by atoms with Gasteiger partial charge < -0.3 is 15.0 Å². The molecule has 12 heteroatoms. The first-order valence-electron chi connectivity index (χ1n) is 11.9. The first-order chi connectivity index (χ1) is 17.4. The van der Waals surface area contributed by atoms with Gasteiger partial charge in [0, 0.05) is 23.3 Å². The van der Waals surface area contributed by atoms with E-state index in [0.29, 0.717) is 44.2 Å². The maximum atomic E-state index is 14.8. The van der Waals surface area contributed by atoms with Crippen LogP contribution in [0.2, 0.25) is 0 Å². The summed E-state index contributed by atoms with van der Waals surface area (Å²) in [4.78, 5) is 14.8. The van der Waals surface area contributed by atoms with Gasteiger partial charge in [0.2, 0.25) is 0 Å². The van der Waals surface area contributed by atoms with Crippen LogP contribution in [0.1, 0.15) is 32.6 Å². The summed E-state index contributed by atoms with van der Waals surface area (Å²) in [5.74, 6) is -3.39. The molecule has 1 saturated heterocycles. The van der Waals surface area contributed by atoms with Crippen LogP contribution in [0.15, 0.2) is 46.2 Å². The van der Waals surface area contributed by atoms with Crippen molar-refractivity contribution in [2.24, 2.45) is 0 Å². The van der Waals surface area contributed by atoms with Crippen molar-refractivity contribution in [2.75, 3.05) is 38.3 Å². The molecule has 0 aliphatic carbocycles. The molecule has 1 heterocycles. The molecule has 1 unspecified atom stereocenters. The molecule has 2 atom stereocenters. The van der Waals surface area contributed by atoms with Gasteiger partial charge in [-0.1, -0.05) is 0 Å². The molecular weight excluding hydrogens is 527 g/mol. The molecule has 0 bridgehead atoms. The average molecular weight is 560 g/mol. The summed E-state index contributed by atoms with van der Waals surface area (Å²) in [7, 11) is -0.761. The van der Waals surface area contributed by atoms with Crippen LogP contribution >= 0.6 is 11.8 Å². The van der Waals surface area contributed by atoms with Crippen molar-refractivity contribution in [3.05, 3.63) is 53.8 Å². The largest absolute Gasteiger partial charge is 0.379 e. The number of carbonyl (C=O) groups is 1. The molecule has 0 saturated carbocycles. The third-order valence-corrected chi connectivity index (χ3v) is 8.52. The summed E-state index contributed by atoms with van der Waals surface area (Å²) in [6, 6.07) is 7.05. The second-order valence-electron chi connectivity index (χ2n) is 9.44. The van der Waals surface area contributed by atoms with Gasteiger partial charge >= 0.3 is 0 Å². The van der Waals surface area contributed by atoms with Crippen molar-refractivity contribution < 1.29 is 31.1 Å². The Morgan fingerprint density at radius 1 is 1.16 bits per heavy atom. The van der Waals surface area contributed by atoms with E-state index in [0.717, 1.165) is 17.4 Å². The van der Waals surface area contributed by atoms with E-state index in [1.807, 2.05) is 23.7 Å². The van der Waals surface area contributed by atoms with E-state index < -0.39 is 38.1 Å². The molecule has 204 valence electrons. The number of anilines is 1. The smallest absolute Gasteiger partial charge is 0.265 e. The average Bonchev–Trinajstić information content (AvgIpc) is 2.84. The van der Waals surface area contributed by atoms with Gasteiger partial charge in [-0.3, -0.25) is 4.79 Å². The molecule has 2 aromatic rings. The Balaban J connectivity index is 1.80. The van der Waals surface area contributed by atoms with Gasteiger partial charge in [-0.05, 0) is 89.6 Å². The molecule has 0 aromatic heterocycles. The number of hydrogen-bond acceptors (Lipinski definition) is 7. The first-order valence-corrected chi connectivity index (χ1v) is 14.4. The molecule has 0 radical (unpaired) electrons. The van der Waals surface area contributed by atoms with Crippen LogP contribution in [0.4, 0.5) is 18.9 Å². The summed E-state index contributed by atoms with van der Waals surface area (Å²) < 4.78 is 75.8. The Kier molecular flexibility index (Phi) is 9.90. The molecule has 2 aromatic carbocycles. The minimum absolute atomic E-state index is 0.327. The third kappa shape index (κ3) is 8.10. The highest BCUT2D eigenvalue weighted by Crippen LogP contribution is 2.28. The predicted molar refractivity (Wildman–Crippen MR) is 138 cm³/mol. The summed E-state index contributed by atoms with van der Waals surface area (Å²) >= 11 is 1.40. The SMILES string of the molecule is CN(C)CC[C@H](CSc1ccc(F)cc1)Nc1cc(S(=O)(=O)NC(=O)C2(C)CCCCO2)cc(F)c1F. The molecule has 1 fully saturated rings. The van der Waals surface area contributed by atoms with Crippen molar-refractivity contribution in [1.82, 2.24) is 9.62 Å². The van der Waals surface area contributed by atoms with E-state index in [9.17, 15) is 26.4 Å². The number of nitrogens with one attached hydrogen (secondary N) is 2. The maximum Gasteiger partial charge on any atom is 0.265 e. The number of benzene rings is 2. The first kappa shape index (κ1) is 29.3. The molecule has 1 aliphatic rings. The van der Waals surface area contributed by atoms with Crippen LogP contribution in [0.3, 0.4) is 0 Å². The molecule has 7 nitrogen and oxygen atoms in total. The highest BCUT2D eigenvalue weighted by Gasteiger charge is 2.38. The van der Waals surface area contributed by atoms with E-state index in [2.05, 4.69) is 5.32 Å². The lowest BCUT2D eigenvalue weighted by molar-refractivity contribution is -0.148. The van der Waals surface area contributed by atoms with Gasteiger partial charge in [-0.25, -0.2) is 26.3 Å². The molecule has 2 N–H and O–H groups in total. The highest BCUT2D eigenvalue weighted by molar-refractivity contribution is 7.99. The zero-order valence-corrected chi connectivity index (χ0v) is 22.7. The number of nitrogens with zero attached hydrogens (tertiary/aromatic N) is 1. The van der Waals surface area contributed by atoms with Crippen molar-refractivity contribution >= 4 is 33.4 Å². The Bertz CT molecular complexity index is 1190. The zero-order valence-electron chi connectivity index (χ0n) is 21.0. The Morgan fingerprint density at radius 3 is 2.49 bits per heavy atom. The number of amides is 1. The van der Waals surface area contributed by atoms with Crippen LogP contribution in [0.5, 0.6) is 0 Å². The number of sulfonamides is 1. The predicted octanol–water partition coefficient (Wildman–Crippen LogP) is 4.39. The number of ether oxygens (including phenoxy) is 1. The van der Waals surface area contributed by atoms with E-state index >= 15 is 0 Å². The standard InChI is InChI=1S/C25H32F3N3O4S2/c1-25(11-4-5-13-35-25)24(32)30-37(33,34)20-14-21(27)23(28)22(15-20)29-18(10-12-31(2)3)16-36-19-8-6-17(26)7-9-19/h6-9,14-15,18,29H,4-5,10-13,16H2,1-3H3,(H,30,32)/t18-,25?/m1/s1. The minimum Gasteiger partial charge on any atom is -0.379 e. The van der Waals surface area contributed by atoms with Crippen LogP contribution in [0, 0.1) is 17.5 Å². The topological polar surface area (TPSA) is 87.7 Å². The van der Waals surface area contributed by atoms with Gasteiger partial charge in [0.25, 0.3) is 15.9 Å². The molecule has 3 rings (SSSR count). The van der Waals surface area contributed by atoms with Crippen LogP contribution in [-0.4, -0.2) is 63.9 Å². The van der Waals surface area contributed by atoms with Gasteiger partial charge in [-0.2, -0.15) is 0 Å². The van der Waals surface area contributed by atoms with Crippen molar-refractivity contribution in [2.45, 2.75) is 54.0 Å². The number of thioether (sulfide) groups is 1. The summed E-state index contributed by atoms with van der Waals surface area (Å²) in [6.45, 7) is 2.45. The van der Waals surface area contributed by atoms with E-state index in [-0.39, 0.29) is 17.5 Å². The minimum atomic E-state index is -4.50. The van der Waals surface area contributed by atoms with Crippen molar-refractivity contribution in [1.29, 1.82) is 0 Å². The fourth-order valence-electron chi connectivity index (χ4n) is 3.79. The fraction of sp³-hybridized carbons (Fsp3) is 0.480. The van der Waals surface area contributed by atoms with Crippen molar-refractivity contribution in [3.63, 3.8) is 0 Å². The quantitative estimate of drug-likeness (QED) is 0.395. The lowest BCUT2D eigenvalue weighted by Gasteiger charge is -2.32. The van der Waals surface area contributed by atoms with Crippen LogP contribution < -0.4 is 10.0 Å². The summed E-state index contributed by atoms with van der Waals surface area (Å²) in [5.41, 5.74) is -1.66. The number of carbonyl (C=O) groups excluding carboxylic acids is 1. The second-order valence-corrected chi connectivity index (χ2v) is 12.2. The van der Waals surface area contributed by atoms with Gasteiger partial charge in [0.1, 0.15) is 11.4 Å². The van der Waals surface area contributed by atoms with E-state index in [1.54, 1.807) is 12.1 Å². The molecule has 1 aliphatic heterocycles. The Labute approximate surface area is 220 Å². The Morgan fingerprint density at radius 2 is 1.86 bits per heavy atom. The summed E-state index contributed by atoms with van der Waals surface area (Å²) in [6.07, 6.45) is 2.35. The highest BCUT2D eigenvalue weighted by atomic mass is 32.2. The number of halogens is 3. The lowest BCUT2D eigenvalue weighted by atomic mass is 9.95. The third-order valence-electron chi connectivity index (χ3n) is 6.04. The van der Waals surface area contributed by atoms with Crippen molar-refractivity contribution in [3.8, 4) is 0 Å². The molecular formula is C25H32F3N3O4S2. The Hall–Kier alpha value is -2.28. The molecule has 1 amide bonds. The normalized spacial score (nSPS) is 19.0. The fourth-order valence-corrected chi connectivity index (χ4v) is 5.87. The maximum absolute atomic E-state index is 14.8. The van der Waals surface area contributed by atoms with Gasteiger partial charge in [0.15, 0.2) is 11.6 Å². The van der Waals surface area contributed by atoms with Crippen LogP contribution in [0.25, 0.3) is 0 Å². The lowest BCUT2D eigenvalue weighted by Crippen LogP contribution is -2.50. The van der Waals surface area contributed by atoms with E-state index in [4.69, 9.17) is 4.74 Å². The van der Waals surface area contributed by atoms with Gasteiger partial charge in [-0.15, -0.1) is 11.8 Å². The number of rotatable bonds is 11. The second kappa shape index (κ2) is 12.5. The molecule has 37 heavy (non-hydrogen) atoms. The summed E-state index contributed by atoms with van der Waals surface area (Å²) in [5, 5.41) is 2.92. The number of hydrogen-bond donors (Lipinski definition) is 2. The zero-order chi connectivity index (χ0) is 27.2. The monoisotopic (exact) mass is 559 g/mol. The van der Waals surface area contributed by atoms with Crippen LogP contribution in [-0.2, 0) is 19.6 Å². The van der Waals surface area contributed by atoms with Gasteiger partial charge in [0.05, 0.1) is 10.6 Å².